The molecule has 0 bridgehead atoms. The van der Waals surface area contributed by atoms with Crippen molar-refractivity contribution >= 4 is 34.2 Å². The molecule has 2 aromatic carbocycles. The predicted molar refractivity (Wildman–Crippen MR) is 115 cm³/mol. The minimum Gasteiger partial charge on any atom is -0.492 e. The summed E-state index contributed by atoms with van der Waals surface area (Å²) in [5.41, 5.74) is 1.36. The topological polar surface area (TPSA) is 60.8 Å². The van der Waals surface area contributed by atoms with Crippen LogP contribution in [0.3, 0.4) is 0 Å². The van der Waals surface area contributed by atoms with E-state index in [4.69, 9.17) is 21.1 Å². The highest BCUT2D eigenvalue weighted by molar-refractivity contribution is 6.44. The molecule has 7 heteroatoms. The average molecular weight is 427 g/mol. The fourth-order valence-corrected chi connectivity index (χ4v) is 3.81. The van der Waals surface area contributed by atoms with E-state index in [0.29, 0.717) is 55.8 Å². The van der Waals surface area contributed by atoms with Gasteiger partial charge >= 0.3 is 0 Å². The molecule has 30 heavy (non-hydrogen) atoms. The number of nitrogens with zero attached hydrogens (tertiary/aromatic N) is 2. The van der Waals surface area contributed by atoms with Gasteiger partial charge in [-0.05, 0) is 24.6 Å². The number of benzene rings is 2. The number of ketones is 1. The second kappa shape index (κ2) is 9.32. The molecular formula is C23H23ClN2O4. The summed E-state index contributed by atoms with van der Waals surface area (Å²) in [6.45, 7) is 2.97. The van der Waals surface area contributed by atoms with Crippen LogP contribution in [0.1, 0.15) is 16.8 Å². The SMILES string of the molecule is O=C(C(=O)N1CCOCC1)c1cn(CCCOc2ccccc2Cl)c2ccccc12. The van der Waals surface area contributed by atoms with Crippen LogP contribution in [0.4, 0.5) is 0 Å². The van der Waals surface area contributed by atoms with E-state index in [1.807, 2.05) is 47.0 Å². The second-order valence-electron chi connectivity index (χ2n) is 7.12. The minimum atomic E-state index is -0.473. The zero-order chi connectivity index (χ0) is 20.9. The summed E-state index contributed by atoms with van der Waals surface area (Å²) in [5.74, 6) is -0.286. The molecule has 6 nitrogen and oxygen atoms in total. The molecule has 1 aliphatic rings. The first-order chi connectivity index (χ1) is 14.6. The van der Waals surface area contributed by atoms with Crippen molar-refractivity contribution in [3.8, 4) is 5.75 Å². The van der Waals surface area contributed by atoms with Gasteiger partial charge in [-0.15, -0.1) is 0 Å². The number of halogens is 1. The van der Waals surface area contributed by atoms with E-state index in [2.05, 4.69) is 0 Å². The maximum absolute atomic E-state index is 12.9. The number of hydrogen-bond donors (Lipinski definition) is 0. The van der Waals surface area contributed by atoms with Crippen LogP contribution in [0.5, 0.6) is 5.75 Å². The van der Waals surface area contributed by atoms with E-state index in [1.165, 1.54) is 0 Å². The molecule has 1 aliphatic heterocycles. The molecular weight excluding hydrogens is 404 g/mol. The zero-order valence-electron chi connectivity index (χ0n) is 16.6. The molecule has 1 saturated heterocycles. The van der Waals surface area contributed by atoms with Crippen molar-refractivity contribution in [3.05, 3.63) is 65.3 Å². The number of aromatic nitrogens is 1. The number of rotatable bonds is 7. The Morgan fingerprint density at radius 3 is 2.57 bits per heavy atom. The van der Waals surface area contributed by atoms with Crippen molar-refractivity contribution in [3.63, 3.8) is 0 Å². The number of ether oxygens (including phenoxy) is 2. The van der Waals surface area contributed by atoms with Crippen molar-refractivity contribution in [1.29, 1.82) is 0 Å². The summed E-state index contributed by atoms with van der Waals surface area (Å²) in [5, 5.41) is 1.37. The largest absolute Gasteiger partial charge is 0.492 e. The summed E-state index contributed by atoms with van der Waals surface area (Å²) in [4.78, 5) is 27.2. The van der Waals surface area contributed by atoms with Gasteiger partial charge in [-0.3, -0.25) is 9.59 Å². The van der Waals surface area contributed by atoms with Crippen LogP contribution in [0.2, 0.25) is 5.02 Å². The van der Waals surface area contributed by atoms with Crippen LogP contribution in [-0.2, 0) is 16.1 Å². The van der Waals surface area contributed by atoms with Crippen molar-refractivity contribution in [2.24, 2.45) is 0 Å². The summed E-state index contributed by atoms with van der Waals surface area (Å²) in [6, 6.07) is 15.0. The highest BCUT2D eigenvalue weighted by atomic mass is 35.5. The van der Waals surface area contributed by atoms with Crippen LogP contribution in [-0.4, -0.2) is 54.1 Å². The molecule has 1 fully saturated rings. The molecule has 0 aliphatic carbocycles. The third kappa shape index (κ3) is 4.35. The summed E-state index contributed by atoms with van der Waals surface area (Å²) in [6.07, 6.45) is 2.51. The quantitative estimate of drug-likeness (QED) is 0.327. The lowest BCUT2D eigenvalue weighted by molar-refractivity contribution is -0.130. The molecule has 0 radical (unpaired) electrons. The lowest BCUT2D eigenvalue weighted by Gasteiger charge is -2.25. The number of carbonyl (C=O) groups is 2. The van der Waals surface area contributed by atoms with Gasteiger partial charge in [0.15, 0.2) is 0 Å². The summed E-state index contributed by atoms with van der Waals surface area (Å²) < 4.78 is 13.0. The number of carbonyl (C=O) groups excluding carboxylic acids is 2. The van der Waals surface area contributed by atoms with Crippen molar-refractivity contribution < 1.29 is 19.1 Å². The van der Waals surface area contributed by atoms with E-state index >= 15 is 0 Å². The lowest BCUT2D eigenvalue weighted by atomic mass is 10.1. The van der Waals surface area contributed by atoms with Gasteiger partial charge in [-0.1, -0.05) is 41.9 Å². The Bertz CT molecular complexity index is 1060. The van der Waals surface area contributed by atoms with Crippen LogP contribution in [0, 0.1) is 0 Å². The standard InChI is InChI=1S/C23H23ClN2O4/c24-19-7-2-4-9-21(19)30-13-5-10-26-16-18(17-6-1-3-8-20(17)26)22(27)23(28)25-11-14-29-15-12-25/h1-4,6-9,16H,5,10-15H2. The summed E-state index contributed by atoms with van der Waals surface area (Å²) >= 11 is 6.12. The summed E-state index contributed by atoms with van der Waals surface area (Å²) in [7, 11) is 0. The maximum Gasteiger partial charge on any atom is 0.295 e. The Labute approximate surface area is 179 Å². The molecule has 1 aromatic heterocycles. The maximum atomic E-state index is 12.9. The van der Waals surface area contributed by atoms with Gasteiger partial charge in [-0.2, -0.15) is 0 Å². The van der Waals surface area contributed by atoms with Crippen molar-refractivity contribution in [2.75, 3.05) is 32.9 Å². The van der Waals surface area contributed by atoms with E-state index in [0.717, 1.165) is 17.3 Å². The molecule has 0 atom stereocenters. The fraction of sp³-hybridized carbons (Fsp3) is 0.304. The normalized spacial score (nSPS) is 14.1. The first-order valence-electron chi connectivity index (χ1n) is 10.0. The van der Waals surface area contributed by atoms with Gasteiger partial charge in [0.2, 0.25) is 0 Å². The third-order valence-corrected chi connectivity index (χ3v) is 5.48. The monoisotopic (exact) mass is 426 g/mol. The highest BCUT2D eigenvalue weighted by Gasteiger charge is 2.27. The number of hydrogen-bond acceptors (Lipinski definition) is 4. The predicted octanol–water partition coefficient (Wildman–Crippen LogP) is 3.81. The van der Waals surface area contributed by atoms with Gasteiger partial charge in [0, 0.05) is 36.7 Å². The molecule has 0 N–H and O–H groups in total. The van der Waals surface area contributed by atoms with Crippen LogP contribution in [0.15, 0.2) is 54.7 Å². The molecule has 2 heterocycles. The number of aryl methyl sites for hydroxylation is 1. The van der Waals surface area contributed by atoms with Gasteiger partial charge in [0.1, 0.15) is 5.75 Å². The Morgan fingerprint density at radius 1 is 1.03 bits per heavy atom. The Kier molecular flexibility index (Phi) is 6.35. The smallest absolute Gasteiger partial charge is 0.295 e. The molecule has 0 saturated carbocycles. The van der Waals surface area contributed by atoms with Gasteiger partial charge in [0.05, 0.1) is 30.4 Å². The molecule has 0 spiro atoms. The molecule has 0 unspecified atom stereocenters. The number of fused-ring (bicyclic) bond motifs is 1. The van der Waals surface area contributed by atoms with Crippen LogP contribution >= 0.6 is 11.6 Å². The van der Waals surface area contributed by atoms with E-state index < -0.39 is 11.7 Å². The van der Waals surface area contributed by atoms with Crippen molar-refractivity contribution in [2.45, 2.75) is 13.0 Å². The number of para-hydroxylation sites is 2. The number of Topliss-reactive ketones (excluding diaryl/α,β-unsaturated/α-hetero) is 1. The van der Waals surface area contributed by atoms with Gasteiger partial charge in [0.25, 0.3) is 11.7 Å². The molecule has 4 rings (SSSR count). The van der Waals surface area contributed by atoms with E-state index in [1.54, 1.807) is 17.2 Å². The van der Waals surface area contributed by atoms with Gasteiger partial charge in [-0.25, -0.2) is 0 Å². The Morgan fingerprint density at radius 2 is 1.77 bits per heavy atom. The molecule has 3 aromatic rings. The second-order valence-corrected chi connectivity index (χ2v) is 7.53. The lowest BCUT2D eigenvalue weighted by Crippen LogP contribution is -2.44. The number of morpholine rings is 1. The zero-order valence-corrected chi connectivity index (χ0v) is 17.3. The molecule has 156 valence electrons. The van der Waals surface area contributed by atoms with E-state index in [-0.39, 0.29) is 0 Å². The van der Waals surface area contributed by atoms with Gasteiger partial charge < -0.3 is 18.9 Å². The molecule has 1 amide bonds. The van der Waals surface area contributed by atoms with Crippen LogP contribution < -0.4 is 4.74 Å². The van der Waals surface area contributed by atoms with E-state index in [9.17, 15) is 9.59 Å². The first-order valence-corrected chi connectivity index (χ1v) is 10.4. The Balaban J connectivity index is 1.47. The first kappa shape index (κ1) is 20.4. The Hall–Kier alpha value is -2.83. The fourth-order valence-electron chi connectivity index (χ4n) is 3.62. The highest BCUT2D eigenvalue weighted by Crippen LogP contribution is 2.25. The minimum absolute atomic E-state index is 0.439. The number of amides is 1. The third-order valence-electron chi connectivity index (χ3n) is 5.16. The van der Waals surface area contributed by atoms with Crippen LogP contribution in [0.25, 0.3) is 10.9 Å². The average Bonchev–Trinajstić information content (AvgIpc) is 3.16. The van der Waals surface area contributed by atoms with Crippen molar-refractivity contribution in [1.82, 2.24) is 9.47 Å².